The van der Waals surface area contributed by atoms with Crippen LogP contribution in [0.1, 0.15) is 39.5 Å². The maximum absolute atomic E-state index is 9.05. The van der Waals surface area contributed by atoms with Crippen LogP contribution in [-0.2, 0) is 17.1 Å². The van der Waals surface area contributed by atoms with Crippen molar-refractivity contribution >= 4 is 0 Å². The molecule has 0 aliphatic heterocycles. The van der Waals surface area contributed by atoms with E-state index in [-0.39, 0.29) is 29.5 Å². The van der Waals surface area contributed by atoms with Gasteiger partial charge in [0, 0.05) is 17.1 Å². The molecule has 0 aromatic heterocycles. The van der Waals surface area contributed by atoms with Crippen molar-refractivity contribution in [2.24, 2.45) is 0 Å². The van der Waals surface area contributed by atoms with Gasteiger partial charge >= 0.3 is 0 Å². The molecule has 5 heteroatoms. The van der Waals surface area contributed by atoms with Crippen molar-refractivity contribution in [1.82, 2.24) is 9.80 Å². The normalized spacial score (nSPS) is 13.8. The van der Waals surface area contributed by atoms with Crippen LogP contribution in [0.3, 0.4) is 0 Å². The van der Waals surface area contributed by atoms with E-state index in [1.807, 2.05) is 38.0 Å². The molecule has 0 spiro atoms. The summed E-state index contributed by atoms with van der Waals surface area (Å²) in [5.74, 6) is 0. The summed E-state index contributed by atoms with van der Waals surface area (Å²) in [5.41, 5.74) is 0. The van der Waals surface area contributed by atoms with Crippen molar-refractivity contribution in [2.45, 2.75) is 52.0 Å². The van der Waals surface area contributed by atoms with Gasteiger partial charge in [-0.15, -0.1) is 0 Å². The molecule has 0 aromatic rings. The van der Waals surface area contributed by atoms with E-state index in [4.69, 9.17) is 10.2 Å². The van der Waals surface area contributed by atoms with E-state index in [2.05, 4.69) is 13.8 Å². The summed E-state index contributed by atoms with van der Waals surface area (Å²) in [5, 5.41) is 18.1. The van der Waals surface area contributed by atoms with Crippen LogP contribution < -0.4 is 0 Å². The van der Waals surface area contributed by atoms with Gasteiger partial charge in [0.25, 0.3) is 0 Å². The topological polar surface area (TPSA) is 46.9 Å². The predicted molar refractivity (Wildman–Crippen MR) is 69.2 cm³/mol. The third kappa shape index (κ3) is 16.4. The molecule has 2 N–H and O–H groups in total. The summed E-state index contributed by atoms with van der Waals surface area (Å²) in [7, 11) is 7.50. The fourth-order valence-corrected chi connectivity index (χ4v) is 1.03. The smallest absolute Gasteiger partial charge is 0.106 e. The van der Waals surface area contributed by atoms with Gasteiger partial charge in [-0.25, -0.2) is 0 Å². The number of aliphatic hydroxyl groups excluding tert-OH is 2. The van der Waals surface area contributed by atoms with Crippen LogP contribution in [0.15, 0.2) is 0 Å². The fraction of sp³-hybridized carbons (Fsp3) is 1.00. The Morgan fingerprint density at radius 2 is 1.00 bits per heavy atom. The minimum Gasteiger partial charge on any atom is -0.378 e. The maximum atomic E-state index is 9.05. The van der Waals surface area contributed by atoms with Gasteiger partial charge in [-0.05, 0) is 41.0 Å². The molecule has 4 nitrogen and oxygen atoms in total. The zero-order valence-corrected chi connectivity index (χ0v) is 13.0. The number of rotatable bonds is 6. The zero-order valence-electron chi connectivity index (χ0n) is 12.1. The molecule has 2 unspecified atom stereocenters. The molecular weight excluding hydrogens is 268 g/mol. The Labute approximate surface area is 117 Å². The van der Waals surface area contributed by atoms with Crippen LogP contribution in [0.2, 0.25) is 0 Å². The van der Waals surface area contributed by atoms with E-state index < -0.39 is 0 Å². The van der Waals surface area contributed by atoms with Crippen LogP contribution in [0.25, 0.3) is 0 Å². The van der Waals surface area contributed by atoms with E-state index in [1.165, 1.54) is 0 Å². The average molecular weight is 298 g/mol. The first-order valence-corrected chi connectivity index (χ1v) is 6.05. The molecule has 0 saturated heterocycles. The zero-order chi connectivity index (χ0) is 13.1. The number of hydrogen-bond acceptors (Lipinski definition) is 4. The first-order chi connectivity index (χ1) is 7.36. The first kappa shape index (κ1) is 22.5. The molecule has 0 heterocycles. The van der Waals surface area contributed by atoms with Crippen molar-refractivity contribution < 1.29 is 27.3 Å². The Kier molecular flexibility index (Phi) is 19.1. The van der Waals surface area contributed by atoms with Gasteiger partial charge in [0.15, 0.2) is 0 Å². The molecule has 0 amide bonds. The second-order valence-corrected chi connectivity index (χ2v) is 4.47. The molecule has 0 rings (SSSR count). The number of aliphatic hydroxyl groups is 2. The molecule has 0 aromatic carbocycles. The Balaban J connectivity index is -0.000000218. The third-order valence-electron chi connectivity index (χ3n) is 2.29. The minimum absolute atomic E-state index is 0. The third-order valence-corrected chi connectivity index (χ3v) is 2.29. The van der Waals surface area contributed by atoms with Crippen LogP contribution in [0, 0.1) is 0 Å². The second kappa shape index (κ2) is 14.4. The van der Waals surface area contributed by atoms with Crippen LogP contribution in [-0.4, -0.2) is 60.7 Å². The van der Waals surface area contributed by atoms with E-state index in [0.29, 0.717) is 0 Å². The Hall–Kier alpha value is 0.359. The van der Waals surface area contributed by atoms with E-state index in [9.17, 15) is 0 Å². The summed E-state index contributed by atoms with van der Waals surface area (Å²) >= 11 is 0. The predicted octanol–water partition coefficient (Wildman–Crippen LogP) is 1.33. The van der Waals surface area contributed by atoms with Gasteiger partial charge in [-0.1, -0.05) is 26.7 Å². The molecule has 17 heavy (non-hydrogen) atoms. The fourth-order valence-electron chi connectivity index (χ4n) is 1.03. The van der Waals surface area contributed by atoms with Gasteiger partial charge in [0.1, 0.15) is 12.5 Å². The summed E-state index contributed by atoms with van der Waals surface area (Å²) in [4.78, 5) is 3.62. The second-order valence-electron chi connectivity index (χ2n) is 4.47. The van der Waals surface area contributed by atoms with E-state index in [0.717, 1.165) is 25.7 Å². The molecule has 111 valence electrons. The molecule has 0 aliphatic carbocycles. The summed E-state index contributed by atoms with van der Waals surface area (Å²) in [6, 6.07) is 0. The van der Waals surface area contributed by atoms with Gasteiger partial charge < -0.3 is 10.2 Å². The molecular formula is C12H30CuN2O2. The molecule has 0 saturated carbocycles. The van der Waals surface area contributed by atoms with Crippen molar-refractivity contribution in [2.75, 3.05) is 28.2 Å². The minimum atomic E-state index is -0.250. The van der Waals surface area contributed by atoms with Gasteiger partial charge in [0.2, 0.25) is 0 Å². The van der Waals surface area contributed by atoms with Gasteiger partial charge in [0.05, 0.1) is 0 Å². The summed E-state index contributed by atoms with van der Waals surface area (Å²) < 4.78 is 0. The van der Waals surface area contributed by atoms with Crippen LogP contribution in [0.5, 0.6) is 0 Å². The molecule has 0 bridgehead atoms. The van der Waals surface area contributed by atoms with E-state index in [1.54, 1.807) is 0 Å². The Morgan fingerprint density at radius 1 is 0.765 bits per heavy atom. The monoisotopic (exact) mass is 297 g/mol. The standard InChI is InChI=1S/2C6H15NO.Cu/c2*1-4-5-6(8)7(2)3;/h2*6,8H,4-5H2,1-3H3;. The van der Waals surface area contributed by atoms with Gasteiger partial charge in [-0.3, -0.25) is 9.80 Å². The van der Waals surface area contributed by atoms with Crippen molar-refractivity contribution in [1.29, 1.82) is 0 Å². The van der Waals surface area contributed by atoms with Crippen LogP contribution >= 0.6 is 0 Å². The largest absolute Gasteiger partial charge is 0.378 e. The molecule has 1 radical (unpaired) electrons. The van der Waals surface area contributed by atoms with Gasteiger partial charge in [-0.2, -0.15) is 0 Å². The summed E-state index contributed by atoms with van der Waals surface area (Å²) in [6.45, 7) is 4.12. The van der Waals surface area contributed by atoms with Crippen molar-refractivity contribution in [3.8, 4) is 0 Å². The SMILES string of the molecule is CCCC(O)N(C)C.CCCC(O)N(C)C.[Cu]. The number of nitrogens with zero attached hydrogens (tertiary/aromatic N) is 2. The summed E-state index contributed by atoms with van der Waals surface area (Å²) in [6.07, 6.45) is 3.32. The van der Waals surface area contributed by atoms with E-state index >= 15 is 0 Å². The maximum Gasteiger partial charge on any atom is 0.106 e. The molecule has 0 fully saturated rings. The Morgan fingerprint density at radius 3 is 1.06 bits per heavy atom. The number of hydrogen-bond donors (Lipinski definition) is 2. The quantitative estimate of drug-likeness (QED) is 0.574. The van der Waals surface area contributed by atoms with Crippen molar-refractivity contribution in [3.05, 3.63) is 0 Å². The Bertz CT molecular complexity index is 130. The molecule has 2 atom stereocenters. The average Bonchev–Trinajstić information content (AvgIpc) is 2.19. The van der Waals surface area contributed by atoms with Crippen LogP contribution in [0.4, 0.5) is 0 Å². The molecule has 0 aliphatic rings. The van der Waals surface area contributed by atoms with Crippen molar-refractivity contribution in [3.63, 3.8) is 0 Å². The first-order valence-electron chi connectivity index (χ1n) is 6.05.